The summed E-state index contributed by atoms with van der Waals surface area (Å²) in [5, 5.41) is 3.26. The lowest BCUT2D eigenvalue weighted by Gasteiger charge is -2.15. The molecule has 0 saturated heterocycles. The largest absolute Gasteiger partial charge is 0.493 e. The number of nitrogens with one attached hydrogen (secondary N) is 1. The van der Waals surface area contributed by atoms with E-state index >= 15 is 0 Å². The van der Waals surface area contributed by atoms with Crippen molar-refractivity contribution in [1.29, 1.82) is 0 Å². The number of aromatic nitrogens is 1. The second-order valence-corrected chi connectivity index (χ2v) is 3.31. The summed E-state index contributed by atoms with van der Waals surface area (Å²) < 4.78 is 5.18. The molecule has 0 bridgehead atoms. The number of hydrogen-bond acceptors (Lipinski definition) is 4. The van der Waals surface area contributed by atoms with Gasteiger partial charge in [-0.15, -0.1) is 0 Å². The summed E-state index contributed by atoms with van der Waals surface area (Å²) in [7, 11) is 1.63. The SMILES string of the molecule is COc1cnc(C)cc1NC(C)CN. The summed E-state index contributed by atoms with van der Waals surface area (Å²) in [5.74, 6) is 0.746. The Bertz CT molecular complexity index is 301. The van der Waals surface area contributed by atoms with Gasteiger partial charge in [0, 0.05) is 18.3 Å². The van der Waals surface area contributed by atoms with E-state index in [1.165, 1.54) is 0 Å². The van der Waals surface area contributed by atoms with Crippen LogP contribution in [0.1, 0.15) is 12.6 Å². The molecule has 0 aromatic carbocycles. The van der Waals surface area contributed by atoms with Crippen molar-refractivity contribution in [2.75, 3.05) is 19.0 Å². The molecular weight excluding hydrogens is 178 g/mol. The van der Waals surface area contributed by atoms with Crippen LogP contribution in [0.25, 0.3) is 0 Å². The lowest BCUT2D eigenvalue weighted by atomic mass is 10.2. The highest BCUT2D eigenvalue weighted by Gasteiger charge is 2.06. The summed E-state index contributed by atoms with van der Waals surface area (Å²) in [5.41, 5.74) is 7.43. The maximum Gasteiger partial charge on any atom is 0.160 e. The average Bonchev–Trinajstić information content (AvgIpc) is 2.18. The first kappa shape index (κ1) is 10.8. The van der Waals surface area contributed by atoms with Crippen LogP contribution >= 0.6 is 0 Å². The van der Waals surface area contributed by atoms with Gasteiger partial charge in [0.15, 0.2) is 5.75 Å². The molecule has 0 saturated carbocycles. The van der Waals surface area contributed by atoms with Crippen LogP contribution in [-0.2, 0) is 0 Å². The summed E-state index contributed by atoms with van der Waals surface area (Å²) in [6.45, 7) is 4.55. The first-order chi connectivity index (χ1) is 6.67. The highest BCUT2D eigenvalue weighted by molar-refractivity contribution is 5.56. The standard InChI is InChI=1S/C10H17N3O/c1-7-4-9(13-8(2)5-11)10(14-3)6-12-7/h4,6,8H,5,11H2,1-3H3,(H,12,13). The Morgan fingerprint density at radius 1 is 1.64 bits per heavy atom. The highest BCUT2D eigenvalue weighted by atomic mass is 16.5. The summed E-state index contributed by atoms with van der Waals surface area (Å²) in [6.07, 6.45) is 1.71. The molecule has 0 radical (unpaired) electrons. The third-order valence-corrected chi connectivity index (χ3v) is 1.98. The Morgan fingerprint density at radius 3 is 2.93 bits per heavy atom. The van der Waals surface area contributed by atoms with Crippen LogP contribution in [-0.4, -0.2) is 24.7 Å². The van der Waals surface area contributed by atoms with Crippen molar-refractivity contribution < 1.29 is 4.74 Å². The van der Waals surface area contributed by atoms with Gasteiger partial charge in [-0.2, -0.15) is 0 Å². The maximum absolute atomic E-state index is 5.53. The maximum atomic E-state index is 5.53. The zero-order chi connectivity index (χ0) is 10.6. The van der Waals surface area contributed by atoms with Gasteiger partial charge in [0.05, 0.1) is 19.0 Å². The first-order valence-electron chi connectivity index (χ1n) is 4.64. The number of rotatable bonds is 4. The Hall–Kier alpha value is -1.29. The molecule has 1 atom stereocenters. The normalized spacial score (nSPS) is 12.3. The highest BCUT2D eigenvalue weighted by Crippen LogP contribution is 2.23. The van der Waals surface area contributed by atoms with Crippen molar-refractivity contribution in [2.24, 2.45) is 5.73 Å². The minimum Gasteiger partial charge on any atom is -0.493 e. The number of hydrogen-bond donors (Lipinski definition) is 2. The number of nitrogens with zero attached hydrogens (tertiary/aromatic N) is 1. The number of nitrogens with two attached hydrogens (primary N) is 1. The van der Waals surface area contributed by atoms with E-state index in [-0.39, 0.29) is 6.04 Å². The van der Waals surface area contributed by atoms with Crippen molar-refractivity contribution >= 4 is 5.69 Å². The molecule has 0 spiro atoms. The molecule has 1 heterocycles. The molecule has 0 aliphatic rings. The molecule has 4 nitrogen and oxygen atoms in total. The molecule has 1 rings (SSSR count). The number of aryl methyl sites for hydroxylation is 1. The first-order valence-corrected chi connectivity index (χ1v) is 4.64. The predicted octanol–water partition coefficient (Wildman–Crippen LogP) is 1.16. The molecular formula is C10H17N3O. The summed E-state index contributed by atoms with van der Waals surface area (Å²) in [6, 6.07) is 2.18. The van der Waals surface area contributed by atoms with Gasteiger partial charge in [-0.1, -0.05) is 0 Å². The Morgan fingerprint density at radius 2 is 2.36 bits per heavy atom. The van der Waals surface area contributed by atoms with Gasteiger partial charge in [0.2, 0.25) is 0 Å². The molecule has 0 aliphatic heterocycles. The summed E-state index contributed by atoms with van der Waals surface area (Å²) >= 11 is 0. The monoisotopic (exact) mass is 195 g/mol. The zero-order valence-electron chi connectivity index (χ0n) is 8.87. The van der Waals surface area contributed by atoms with E-state index in [1.54, 1.807) is 13.3 Å². The zero-order valence-corrected chi connectivity index (χ0v) is 8.87. The summed E-state index contributed by atoms with van der Waals surface area (Å²) in [4.78, 5) is 4.15. The van der Waals surface area contributed by atoms with Crippen LogP contribution in [0.5, 0.6) is 5.75 Å². The number of pyridine rings is 1. The van der Waals surface area contributed by atoms with Crippen LogP contribution in [0.2, 0.25) is 0 Å². The van der Waals surface area contributed by atoms with E-state index in [9.17, 15) is 0 Å². The van der Waals surface area contributed by atoms with Gasteiger partial charge in [0.1, 0.15) is 0 Å². The van der Waals surface area contributed by atoms with Crippen molar-refractivity contribution in [3.8, 4) is 5.75 Å². The number of ether oxygens (including phenoxy) is 1. The quantitative estimate of drug-likeness (QED) is 0.756. The van der Waals surface area contributed by atoms with Crippen molar-refractivity contribution in [3.63, 3.8) is 0 Å². The van der Waals surface area contributed by atoms with E-state index in [0.29, 0.717) is 6.54 Å². The second kappa shape index (κ2) is 4.81. The van der Waals surface area contributed by atoms with Gasteiger partial charge >= 0.3 is 0 Å². The van der Waals surface area contributed by atoms with E-state index < -0.39 is 0 Å². The second-order valence-electron chi connectivity index (χ2n) is 3.31. The lowest BCUT2D eigenvalue weighted by molar-refractivity contribution is 0.414. The minimum absolute atomic E-state index is 0.227. The molecule has 0 aliphatic carbocycles. The molecule has 3 N–H and O–H groups in total. The van der Waals surface area contributed by atoms with Crippen LogP contribution in [0.15, 0.2) is 12.3 Å². The number of anilines is 1. The van der Waals surface area contributed by atoms with Crippen LogP contribution < -0.4 is 15.8 Å². The Labute approximate surface area is 84.5 Å². The molecule has 14 heavy (non-hydrogen) atoms. The fourth-order valence-electron chi connectivity index (χ4n) is 1.15. The molecule has 1 aromatic rings. The van der Waals surface area contributed by atoms with Crippen molar-refractivity contribution in [1.82, 2.24) is 4.98 Å². The van der Waals surface area contributed by atoms with Crippen LogP contribution in [0, 0.1) is 6.92 Å². The van der Waals surface area contributed by atoms with Crippen LogP contribution in [0.4, 0.5) is 5.69 Å². The molecule has 4 heteroatoms. The fourth-order valence-corrected chi connectivity index (χ4v) is 1.15. The minimum atomic E-state index is 0.227. The molecule has 0 amide bonds. The van der Waals surface area contributed by atoms with E-state index in [4.69, 9.17) is 10.5 Å². The van der Waals surface area contributed by atoms with Gasteiger partial charge in [-0.05, 0) is 19.9 Å². The van der Waals surface area contributed by atoms with Crippen molar-refractivity contribution in [2.45, 2.75) is 19.9 Å². The average molecular weight is 195 g/mol. The topological polar surface area (TPSA) is 60.2 Å². The van der Waals surface area contributed by atoms with Gasteiger partial charge in [-0.3, -0.25) is 4.98 Å². The van der Waals surface area contributed by atoms with Crippen molar-refractivity contribution in [3.05, 3.63) is 18.0 Å². The van der Waals surface area contributed by atoms with Gasteiger partial charge < -0.3 is 15.8 Å². The Balaban J connectivity index is 2.87. The third-order valence-electron chi connectivity index (χ3n) is 1.98. The number of methoxy groups -OCH3 is 1. The fraction of sp³-hybridized carbons (Fsp3) is 0.500. The van der Waals surface area contributed by atoms with E-state index in [0.717, 1.165) is 17.1 Å². The molecule has 78 valence electrons. The lowest BCUT2D eigenvalue weighted by Crippen LogP contribution is -2.25. The van der Waals surface area contributed by atoms with E-state index in [2.05, 4.69) is 10.3 Å². The van der Waals surface area contributed by atoms with Gasteiger partial charge in [0.25, 0.3) is 0 Å². The predicted molar refractivity (Wildman–Crippen MR) is 57.7 cm³/mol. The Kier molecular flexibility index (Phi) is 3.71. The molecule has 1 aromatic heterocycles. The molecule has 0 fully saturated rings. The van der Waals surface area contributed by atoms with E-state index in [1.807, 2.05) is 19.9 Å². The van der Waals surface area contributed by atoms with Gasteiger partial charge in [-0.25, -0.2) is 0 Å². The molecule has 1 unspecified atom stereocenters. The van der Waals surface area contributed by atoms with Crippen LogP contribution in [0.3, 0.4) is 0 Å². The third kappa shape index (κ3) is 2.60. The smallest absolute Gasteiger partial charge is 0.160 e.